The number of hydrogen-bond donors (Lipinski definition) is 0. The second-order valence-electron chi connectivity index (χ2n) is 8.43. The predicted molar refractivity (Wildman–Crippen MR) is 109 cm³/mol. The number of aromatic nitrogens is 1. The first-order chi connectivity index (χ1) is 15.2. The highest BCUT2D eigenvalue weighted by atomic mass is 19.3. The molecule has 0 aliphatic carbocycles. The van der Waals surface area contributed by atoms with E-state index in [1.807, 2.05) is 35.9 Å². The monoisotopic (exact) mass is 439 g/mol. The Bertz CT molecular complexity index is 1320. The number of carbonyl (C=O) groups is 2. The summed E-state index contributed by atoms with van der Waals surface area (Å²) in [6, 6.07) is 11.1. The maximum atomic E-state index is 13.6. The van der Waals surface area contributed by atoms with Gasteiger partial charge in [-0.15, -0.1) is 8.78 Å². The zero-order valence-corrected chi connectivity index (χ0v) is 17.3. The Morgan fingerprint density at radius 2 is 1.78 bits per heavy atom. The lowest BCUT2D eigenvalue weighted by Crippen LogP contribution is -2.62. The van der Waals surface area contributed by atoms with Crippen molar-refractivity contribution in [2.75, 3.05) is 13.6 Å². The Kier molecular flexibility index (Phi) is 3.71. The number of likely N-dealkylation sites (N-methyl/N-ethyl adjacent to an activating group) is 1. The summed E-state index contributed by atoms with van der Waals surface area (Å²) in [6.45, 7) is -0.0340. The van der Waals surface area contributed by atoms with Crippen LogP contribution in [0, 0.1) is 0 Å². The number of para-hydroxylation sites is 1. The van der Waals surface area contributed by atoms with Crippen molar-refractivity contribution in [2.24, 2.45) is 7.05 Å². The van der Waals surface area contributed by atoms with Crippen LogP contribution in [-0.2, 0) is 23.1 Å². The minimum atomic E-state index is -3.74. The molecule has 0 N–H and O–H groups in total. The van der Waals surface area contributed by atoms with E-state index in [0.29, 0.717) is 12.0 Å². The van der Waals surface area contributed by atoms with E-state index >= 15 is 0 Å². The van der Waals surface area contributed by atoms with Crippen molar-refractivity contribution in [3.63, 3.8) is 0 Å². The first-order valence-corrected chi connectivity index (χ1v) is 10.3. The molecule has 0 saturated carbocycles. The molecule has 0 radical (unpaired) electrons. The quantitative estimate of drug-likeness (QED) is 0.585. The highest BCUT2D eigenvalue weighted by Crippen LogP contribution is 2.47. The third-order valence-corrected chi connectivity index (χ3v) is 6.59. The van der Waals surface area contributed by atoms with Gasteiger partial charge >= 0.3 is 6.29 Å². The van der Waals surface area contributed by atoms with Gasteiger partial charge in [0, 0.05) is 37.1 Å². The highest BCUT2D eigenvalue weighted by Gasteiger charge is 2.49. The number of hydrogen-bond acceptors (Lipinski definition) is 4. The van der Waals surface area contributed by atoms with E-state index < -0.39 is 18.4 Å². The topological polar surface area (TPSA) is 64.0 Å². The normalized spacial score (nSPS) is 23.5. The SMILES string of the molecule is CN1CC(=O)N2[C@H](c3ccc4c(c3)OC(F)(F)O4)c3c(c4ccccc4n3C)C[C@@H]2C1=O. The zero-order valence-electron chi connectivity index (χ0n) is 17.3. The van der Waals surface area contributed by atoms with Crippen molar-refractivity contribution in [1.29, 1.82) is 0 Å². The Morgan fingerprint density at radius 1 is 1.03 bits per heavy atom. The van der Waals surface area contributed by atoms with Crippen LogP contribution in [0.1, 0.15) is 22.9 Å². The van der Waals surface area contributed by atoms with Crippen molar-refractivity contribution in [2.45, 2.75) is 24.8 Å². The molecule has 1 fully saturated rings. The average molecular weight is 439 g/mol. The fraction of sp³-hybridized carbons (Fsp3) is 0.304. The number of fused-ring (bicyclic) bond motifs is 5. The zero-order chi connectivity index (χ0) is 22.4. The van der Waals surface area contributed by atoms with Crippen molar-refractivity contribution in [3.8, 4) is 11.5 Å². The molecular weight excluding hydrogens is 420 g/mol. The van der Waals surface area contributed by atoms with Gasteiger partial charge in [-0.2, -0.15) is 0 Å². The van der Waals surface area contributed by atoms with Crippen LogP contribution in [0.3, 0.4) is 0 Å². The summed E-state index contributed by atoms with van der Waals surface area (Å²) in [7, 11) is 3.53. The lowest BCUT2D eigenvalue weighted by Gasteiger charge is -2.46. The lowest BCUT2D eigenvalue weighted by atomic mass is 9.86. The molecule has 2 atom stereocenters. The number of aryl methyl sites for hydroxylation is 1. The molecule has 164 valence electrons. The maximum Gasteiger partial charge on any atom is 0.586 e. The number of carbonyl (C=O) groups excluding carboxylic acids is 2. The van der Waals surface area contributed by atoms with Crippen molar-refractivity contribution < 1.29 is 27.8 Å². The number of rotatable bonds is 1. The van der Waals surface area contributed by atoms with Crippen LogP contribution >= 0.6 is 0 Å². The highest BCUT2D eigenvalue weighted by molar-refractivity contribution is 5.97. The van der Waals surface area contributed by atoms with E-state index in [9.17, 15) is 18.4 Å². The molecule has 9 heteroatoms. The number of alkyl halides is 2. The summed E-state index contributed by atoms with van der Waals surface area (Å²) in [5.41, 5.74) is 3.39. The molecule has 3 aliphatic heterocycles. The maximum absolute atomic E-state index is 13.6. The van der Waals surface area contributed by atoms with E-state index in [-0.39, 0.29) is 29.9 Å². The molecule has 7 nitrogen and oxygen atoms in total. The largest absolute Gasteiger partial charge is 0.586 e. The molecule has 0 spiro atoms. The number of benzene rings is 2. The second-order valence-corrected chi connectivity index (χ2v) is 8.43. The van der Waals surface area contributed by atoms with Gasteiger partial charge in [0.1, 0.15) is 6.04 Å². The lowest BCUT2D eigenvalue weighted by molar-refractivity contribution is -0.286. The van der Waals surface area contributed by atoms with Gasteiger partial charge in [-0.25, -0.2) is 0 Å². The third kappa shape index (κ3) is 2.50. The molecule has 1 aromatic heterocycles. The summed E-state index contributed by atoms with van der Waals surface area (Å²) in [5.74, 6) is -0.492. The minimum Gasteiger partial charge on any atom is -0.395 e. The second kappa shape index (κ2) is 6.21. The molecule has 3 aliphatic rings. The van der Waals surface area contributed by atoms with Gasteiger partial charge < -0.3 is 23.8 Å². The fourth-order valence-electron chi connectivity index (χ4n) is 5.25. The van der Waals surface area contributed by atoms with Crippen molar-refractivity contribution in [1.82, 2.24) is 14.4 Å². The summed E-state index contributed by atoms with van der Waals surface area (Å²) in [6.07, 6.45) is -3.34. The summed E-state index contributed by atoms with van der Waals surface area (Å²) in [4.78, 5) is 29.3. The van der Waals surface area contributed by atoms with Crippen LogP contribution in [0.2, 0.25) is 0 Å². The van der Waals surface area contributed by atoms with Gasteiger partial charge in [0.15, 0.2) is 11.5 Å². The molecule has 0 bridgehead atoms. The van der Waals surface area contributed by atoms with Gasteiger partial charge in [-0.1, -0.05) is 24.3 Å². The summed E-state index contributed by atoms with van der Waals surface area (Å²) in [5, 5.41) is 1.01. The van der Waals surface area contributed by atoms with Gasteiger partial charge in [-0.3, -0.25) is 9.59 Å². The predicted octanol–water partition coefficient (Wildman–Crippen LogP) is 2.81. The Morgan fingerprint density at radius 3 is 2.59 bits per heavy atom. The Balaban J connectivity index is 1.59. The molecule has 1 saturated heterocycles. The van der Waals surface area contributed by atoms with E-state index in [1.54, 1.807) is 18.0 Å². The number of piperazine rings is 1. The molecule has 2 amide bonds. The van der Waals surface area contributed by atoms with E-state index in [2.05, 4.69) is 9.47 Å². The van der Waals surface area contributed by atoms with E-state index in [4.69, 9.17) is 0 Å². The van der Waals surface area contributed by atoms with Crippen molar-refractivity contribution >= 4 is 22.7 Å². The van der Waals surface area contributed by atoms with Crippen LogP contribution < -0.4 is 9.47 Å². The van der Waals surface area contributed by atoms with Gasteiger partial charge in [-0.05, 0) is 29.3 Å². The molecule has 6 rings (SSSR count). The number of nitrogens with zero attached hydrogens (tertiary/aromatic N) is 3. The Labute approximate surface area is 181 Å². The standard InChI is InChI=1S/C23H19F2N3O4/c1-26-11-19(29)28-16(22(26)30)10-14-13-5-3-4-6-15(13)27(2)21(14)20(28)12-7-8-17-18(9-12)32-23(24,25)31-17/h3-9,16,20H,10-11H2,1-2H3/t16-,20-/m1/s1. The minimum absolute atomic E-state index is 0.0340. The average Bonchev–Trinajstić information content (AvgIpc) is 3.22. The third-order valence-electron chi connectivity index (χ3n) is 6.59. The fourth-order valence-corrected chi connectivity index (χ4v) is 5.25. The first-order valence-electron chi connectivity index (χ1n) is 10.3. The van der Waals surface area contributed by atoms with E-state index in [0.717, 1.165) is 22.2 Å². The molecule has 32 heavy (non-hydrogen) atoms. The van der Waals surface area contributed by atoms with Gasteiger partial charge in [0.2, 0.25) is 11.8 Å². The number of amides is 2. The van der Waals surface area contributed by atoms with Crippen molar-refractivity contribution in [3.05, 3.63) is 59.3 Å². The van der Waals surface area contributed by atoms with Crippen LogP contribution in [-0.4, -0.2) is 52.1 Å². The molecule has 4 heterocycles. The molecular formula is C23H19F2N3O4. The van der Waals surface area contributed by atoms with Crippen LogP contribution in [0.25, 0.3) is 10.9 Å². The Hall–Kier alpha value is -3.62. The summed E-state index contributed by atoms with van der Waals surface area (Å²) < 4.78 is 38.4. The molecule has 0 unspecified atom stereocenters. The first kappa shape index (κ1) is 19.1. The van der Waals surface area contributed by atoms with E-state index in [1.165, 1.54) is 17.0 Å². The smallest absolute Gasteiger partial charge is 0.395 e. The van der Waals surface area contributed by atoms with Crippen LogP contribution in [0.5, 0.6) is 11.5 Å². The summed E-state index contributed by atoms with van der Waals surface area (Å²) >= 11 is 0. The van der Waals surface area contributed by atoms with Gasteiger partial charge in [0.25, 0.3) is 0 Å². The molecule has 3 aromatic rings. The van der Waals surface area contributed by atoms with Gasteiger partial charge in [0.05, 0.1) is 12.6 Å². The van der Waals surface area contributed by atoms with Crippen LogP contribution in [0.15, 0.2) is 42.5 Å². The number of ether oxygens (including phenoxy) is 2. The molecule has 2 aromatic carbocycles. The number of halogens is 2. The van der Waals surface area contributed by atoms with Crippen LogP contribution in [0.4, 0.5) is 8.78 Å².